The van der Waals surface area contributed by atoms with Crippen molar-refractivity contribution in [2.24, 2.45) is 5.84 Å². The summed E-state index contributed by atoms with van der Waals surface area (Å²) in [5.74, 6) is 6.75. The van der Waals surface area contributed by atoms with E-state index < -0.39 is 0 Å². The molecule has 3 N–H and O–H groups in total. The highest BCUT2D eigenvalue weighted by atomic mass is 32.1. The molecule has 0 saturated carbocycles. The average Bonchev–Trinajstić information content (AvgIpc) is 2.85. The number of hydrogen-bond donors (Lipinski definition) is 2. The maximum atomic E-state index is 5.53. The number of nitrogens with one attached hydrogen (secondary N) is 1. The second-order valence-corrected chi connectivity index (χ2v) is 5.25. The number of pyridine rings is 1. The molecular formula is C13H13N5S. The summed E-state index contributed by atoms with van der Waals surface area (Å²) >= 11 is 1.56. The first-order chi connectivity index (χ1) is 9.19. The molecule has 3 heterocycles. The van der Waals surface area contributed by atoms with Crippen molar-refractivity contribution in [2.45, 2.75) is 13.8 Å². The molecule has 0 unspecified atom stereocenters. The highest BCUT2D eigenvalue weighted by Gasteiger charge is 2.12. The molecule has 5 nitrogen and oxygen atoms in total. The zero-order chi connectivity index (χ0) is 13.4. The van der Waals surface area contributed by atoms with Crippen LogP contribution in [0.2, 0.25) is 0 Å². The predicted molar refractivity (Wildman–Crippen MR) is 77.9 cm³/mol. The first kappa shape index (κ1) is 12.0. The molecule has 0 atom stereocenters. The van der Waals surface area contributed by atoms with Gasteiger partial charge in [-0.05, 0) is 36.4 Å². The lowest BCUT2D eigenvalue weighted by Gasteiger charge is -2.07. The summed E-state index contributed by atoms with van der Waals surface area (Å²) in [6.07, 6.45) is 1.82. The van der Waals surface area contributed by atoms with E-state index in [1.807, 2.05) is 31.5 Å². The average molecular weight is 271 g/mol. The molecule has 96 valence electrons. The van der Waals surface area contributed by atoms with Crippen molar-refractivity contribution in [1.29, 1.82) is 0 Å². The van der Waals surface area contributed by atoms with Gasteiger partial charge < -0.3 is 5.43 Å². The Labute approximate surface area is 114 Å². The van der Waals surface area contributed by atoms with Crippen LogP contribution in [-0.4, -0.2) is 15.0 Å². The number of thiophene rings is 1. The summed E-state index contributed by atoms with van der Waals surface area (Å²) < 4.78 is 0. The van der Waals surface area contributed by atoms with Crippen molar-refractivity contribution in [3.8, 4) is 11.5 Å². The molecular weight excluding hydrogens is 258 g/mol. The Balaban J connectivity index is 2.24. The fourth-order valence-corrected chi connectivity index (χ4v) is 2.78. The fourth-order valence-electron chi connectivity index (χ4n) is 2.02. The maximum absolute atomic E-state index is 5.53. The van der Waals surface area contributed by atoms with Crippen molar-refractivity contribution < 1.29 is 0 Å². The van der Waals surface area contributed by atoms with Crippen LogP contribution in [0.4, 0.5) is 5.82 Å². The van der Waals surface area contributed by atoms with Gasteiger partial charge in [0.05, 0.1) is 5.39 Å². The van der Waals surface area contributed by atoms with E-state index in [0.717, 1.165) is 27.0 Å². The number of nitrogens with zero attached hydrogens (tertiary/aromatic N) is 3. The number of rotatable bonds is 2. The van der Waals surface area contributed by atoms with E-state index in [-0.39, 0.29) is 0 Å². The third-order valence-corrected chi connectivity index (χ3v) is 3.70. The Morgan fingerprint density at radius 3 is 2.84 bits per heavy atom. The van der Waals surface area contributed by atoms with Crippen LogP contribution in [0.1, 0.15) is 11.1 Å². The van der Waals surface area contributed by atoms with Gasteiger partial charge in [-0.3, -0.25) is 4.98 Å². The monoisotopic (exact) mass is 271 g/mol. The third-order valence-electron chi connectivity index (χ3n) is 2.89. The predicted octanol–water partition coefficient (Wildman–Crippen LogP) is 2.66. The number of aromatic nitrogens is 3. The minimum Gasteiger partial charge on any atom is -0.308 e. The minimum atomic E-state index is 0.598. The second kappa shape index (κ2) is 4.56. The Kier molecular flexibility index (Phi) is 2.88. The molecule has 0 aromatic carbocycles. The molecule has 0 bridgehead atoms. The molecule has 0 fully saturated rings. The highest BCUT2D eigenvalue weighted by molar-refractivity contribution is 7.16. The van der Waals surface area contributed by atoms with Crippen LogP contribution in [-0.2, 0) is 0 Å². The van der Waals surface area contributed by atoms with Crippen LogP contribution in [0.5, 0.6) is 0 Å². The van der Waals surface area contributed by atoms with Crippen molar-refractivity contribution in [3.63, 3.8) is 0 Å². The molecule has 0 aliphatic heterocycles. The zero-order valence-corrected chi connectivity index (χ0v) is 11.5. The lowest BCUT2D eigenvalue weighted by atomic mass is 10.1. The van der Waals surface area contributed by atoms with Crippen LogP contribution in [0, 0.1) is 13.8 Å². The van der Waals surface area contributed by atoms with Gasteiger partial charge >= 0.3 is 0 Å². The Morgan fingerprint density at radius 2 is 2.11 bits per heavy atom. The quantitative estimate of drug-likeness (QED) is 0.553. The van der Waals surface area contributed by atoms with Gasteiger partial charge in [0.15, 0.2) is 11.6 Å². The van der Waals surface area contributed by atoms with Crippen molar-refractivity contribution in [2.75, 3.05) is 5.43 Å². The smallest absolute Gasteiger partial charge is 0.181 e. The Bertz CT molecular complexity index is 750. The largest absolute Gasteiger partial charge is 0.308 e. The topological polar surface area (TPSA) is 76.7 Å². The van der Waals surface area contributed by atoms with Gasteiger partial charge in [-0.15, -0.1) is 11.3 Å². The molecule has 0 aliphatic rings. The summed E-state index contributed by atoms with van der Waals surface area (Å²) in [4.78, 5) is 14.3. The number of fused-ring (bicyclic) bond motifs is 1. The molecule has 19 heavy (non-hydrogen) atoms. The number of nitrogens with two attached hydrogens (primary N) is 1. The van der Waals surface area contributed by atoms with E-state index in [1.54, 1.807) is 11.3 Å². The van der Waals surface area contributed by atoms with Gasteiger partial charge in [-0.2, -0.15) is 0 Å². The van der Waals surface area contributed by atoms with E-state index in [2.05, 4.69) is 26.4 Å². The van der Waals surface area contributed by atoms with Crippen molar-refractivity contribution >= 4 is 27.4 Å². The molecule has 0 aliphatic carbocycles. The van der Waals surface area contributed by atoms with Gasteiger partial charge in [0.25, 0.3) is 0 Å². The highest BCUT2D eigenvalue weighted by Crippen LogP contribution is 2.28. The van der Waals surface area contributed by atoms with Gasteiger partial charge in [0.1, 0.15) is 10.5 Å². The van der Waals surface area contributed by atoms with Crippen molar-refractivity contribution in [3.05, 3.63) is 34.8 Å². The molecule has 3 rings (SSSR count). The van der Waals surface area contributed by atoms with E-state index in [4.69, 9.17) is 5.84 Å². The van der Waals surface area contributed by atoms with Crippen LogP contribution in [0.3, 0.4) is 0 Å². The van der Waals surface area contributed by atoms with E-state index in [1.165, 1.54) is 0 Å². The van der Waals surface area contributed by atoms with Crippen LogP contribution < -0.4 is 11.3 Å². The van der Waals surface area contributed by atoms with Crippen LogP contribution in [0.15, 0.2) is 23.7 Å². The summed E-state index contributed by atoms with van der Waals surface area (Å²) in [5, 5.41) is 2.90. The second-order valence-electron chi connectivity index (χ2n) is 4.36. The standard InChI is InChI=1S/C13H13N5S/c1-7-5-8(2)10(15-6-7)12-16-11(18-14)9-3-4-19-13(9)17-12/h3-6H,14H2,1-2H3,(H,16,17,18). The minimum absolute atomic E-state index is 0.598. The number of anilines is 1. The fraction of sp³-hybridized carbons (Fsp3) is 0.154. The number of hydrogen-bond acceptors (Lipinski definition) is 6. The summed E-state index contributed by atoms with van der Waals surface area (Å²) in [7, 11) is 0. The van der Waals surface area contributed by atoms with Crippen LogP contribution >= 0.6 is 11.3 Å². The summed E-state index contributed by atoms with van der Waals surface area (Å²) in [6.45, 7) is 4.02. The van der Waals surface area contributed by atoms with Gasteiger partial charge in [-0.1, -0.05) is 6.07 Å². The first-order valence-electron chi connectivity index (χ1n) is 5.84. The van der Waals surface area contributed by atoms with Crippen molar-refractivity contribution in [1.82, 2.24) is 15.0 Å². The number of hydrazine groups is 1. The van der Waals surface area contributed by atoms with Crippen LogP contribution in [0.25, 0.3) is 21.7 Å². The zero-order valence-electron chi connectivity index (χ0n) is 10.6. The van der Waals surface area contributed by atoms with E-state index in [9.17, 15) is 0 Å². The Hall–Kier alpha value is -2.05. The molecule has 0 amide bonds. The molecule has 0 saturated heterocycles. The summed E-state index contributed by atoms with van der Waals surface area (Å²) in [6, 6.07) is 4.02. The molecule has 3 aromatic rings. The molecule has 0 spiro atoms. The van der Waals surface area contributed by atoms with Gasteiger partial charge in [0, 0.05) is 6.20 Å². The SMILES string of the molecule is Cc1cnc(-c2nc(NN)c3ccsc3n2)c(C)c1. The molecule has 3 aromatic heterocycles. The lowest BCUT2D eigenvalue weighted by molar-refractivity contribution is 1.13. The first-order valence-corrected chi connectivity index (χ1v) is 6.72. The molecule has 6 heteroatoms. The normalized spacial score (nSPS) is 10.9. The van der Waals surface area contributed by atoms with E-state index in [0.29, 0.717) is 11.6 Å². The number of aryl methyl sites for hydroxylation is 2. The number of nitrogen functional groups attached to an aromatic ring is 1. The third kappa shape index (κ3) is 2.05. The molecule has 0 radical (unpaired) electrons. The van der Waals surface area contributed by atoms with Gasteiger partial charge in [0.2, 0.25) is 0 Å². The summed E-state index contributed by atoms with van der Waals surface area (Å²) in [5.41, 5.74) is 5.59. The Morgan fingerprint density at radius 1 is 1.26 bits per heavy atom. The lowest BCUT2D eigenvalue weighted by Crippen LogP contribution is -2.10. The van der Waals surface area contributed by atoms with E-state index >= 15 is 0 Å². The maximum Gasteiger partial charge on any atom is 0.181 e. The van der Waals surface area contributed by atoms with Gasteiger partial charge in [-0.25, -0.2) is 15.8 Å².